The molecule has 0 spiro atoms. The van der Waals surface area contributed by atoms with Gasteiger partial charge in [-0.1, -0.05) is 18.2 Å². The minimum absolute atomic E-state index is 0.0928. The van der Waals surface area contributed by atoms with E-state index in [-0.39, 0.29) is 17.6 Å². The number of thioether (sulfide) groups is 1. The summed E-state index contributed by atoms with van der Waals surface area (Å²) in [6.45, 7) is 2.11. The predicted octanol–water partition coefficient (Wildman–Crippen LogP) is -1.25. The molecule has 0 radical (unpaired) electrons. The molecule has 29 heavy (non-hydrogen) atoms. The molecule has 158 valence electrons. The van der Waals surface area contributed by atoms with E-state index in [1.165, 1.54) is 14.0 Å². The molecule has 2 rings (SSSR count). The van der Waals surface area contributed by atoms with Crippen LogP contribution in [0, 0.1) is 0 Å². The number of carbonyl (C=O) groups excluding carboxylic acids is 4. The van der Waals surface area contributed by atoms with Crippen molar-refractivity contribution in [2.75, 3.05) is 26.0 Å². The second kappa shape index (κ2) is 11.4. The van der Waals surface area contributed by atoms with Gasteiger partial charge in [-0.15, -0.1) is 11.8 Å². The lowest BCUT2D eigenvalue weighted by Crippen LogP contribution is -2.72. The van der Waals surface area contributed by atoms with Gasteiger partial charge in [0.05, 0.1) is 12.4 Å². The zero-order valence-electron chi connectivity index (χ0n) is 16.2. The van der Waals surface area contributed by atoms with Gasteiger partial charge in [0.1, 0.15) is 17.7 Å². The van der Waals surface area contributed by atoms with Crippen LogP contribution in [0.4, 0.5) is 0 Å². The average molecular weight is 423 g/mol. The van der Waals surface area contributed by atoms with Gasteiger partial charge >= 0.3 is 0 Å². The van der Waals surface area contributed by atoms with E-state index in [0.717, 1.165) is 11.8 Å². The van der Waals surface area contributed by atoms with Gasteiger partial charge in [-0.3, -0.25) is 24.5 Å². The lowest BCUT2D eigenvalue weighted by molar-refractivity contribution is -0.127. The predicted molar refractivity (Wildman–Crippen MR) is 108 cm³/mol. The molecule has 1 saturated heterocycles. The standard InChI is InChI=1S/C18H25N5O5S/c1-11(24)20-15-14(21-16(26)12-6-4-3-5-7-12)17(27)23-18(22-15)29-10-13(25)19-8-9-28-2/h3-7,14-15,18,22H,8-10H2,1-2H3,(H,19,25)(H,20,24)(H,21,26)(H,23,27). The van der Waals surface area contributed by atoms with Crippen LogP contribution in [-0.4, -0.2) is 67.3 Å². The third kappa shape index (κ3) is 7.37. The van der Waals surface area contributed by atoms with Crippen molar-refractivity contribution in [3.63, 3.8) is 0 Å². The highest BCUT2D eigenvalue weighted by atomic mass is 32.2. The van der Waals surface area contributed by atoms with Crippen molar-refractivity contribution in [2.24, 2.45) is 0 Å². The molecule has 0 bridgehead atoms. The number of benzene rings is 1. The zero-order valence-corrected chi connectivity index (χ0v) is 17.0. The van der Waals surface area contributed by atoms with Crippen molar-refractivity contribution in [2.45, 2.75) is 24.6 Å². The number of rotatable bonds is 9. The van der Waals surface area contributed by atoms with Crippen LogP contribution in [-0.2, 0) is 19.1 Å². The van der Waals surface area contributed by atoms with E-state index >= 15 is 0 Å². The van der Waals surface area contributed by atoms with Gasteiger partial charge < -0.3 is 26.0 Å². The number of methoxy groups -OCH3 is 1. The van der Waals surface area contributed by atoms with Gasteiger partial charge in [0.25, 0.3) is 5.91 Å². The van der Waals surface area contributed by atoms with E-state index in [1.54, 1.807) is 30.3 Å². The Labute approximate surface area is 172 Å². The molecule has 0 saturated carbocycles. The molecule has 10 nitrogen and oxygen atoms in total. The van der Waals surface area contributed by atoms with Gasteiger partial charge in [-0.25, -0.2) is 0 Å². The maximum Gasteiger partial charge on any atom is 0.252 e. The second-order valence-corrected chi connectivity index (χ2v) is 7.30. The van der Waals surface area contributed by atoms with Gasteiger partial charge in [-0.2, -0.15) is 0 Å². The third-order valence-corrected chi connectivity index (χ3v) is 4.93. The quantitative estimate of drug-likeness (QED) is 0.313. The molecular formula is C18H25N5O5S. The summed E-state index contributed by atoms with van der Waals surface area (Å²) in [5.41, 5.74) is -0.219. The molecular weight excluding hydrogens is 398 g/mol. The maximum absolute atomic E-state index is 12.6. The molecule has 5 N–H and O–H groups in total. The summed E-state index contributed by atoms with van der Waals surface area (Å²) in [5, 5.41) is 13.6. The summed E-state index contributed by atoms with van der Waals surface area (Å²) >= 11 is 1.16. The van der Waals surface area contributed by atoms with Crippen molar-refractivity contribution in [3.05, 3.63) is 35.9 Å². The van der Waals surface area contributed by atoms with Gasteiger partial charge in [0.2, 0.25) is 17.7 Å². The molecule has 1 aromatic carbocycles. The van der Waals surface area contributed by atoms with E-state index in [1.807, 2.05) is 0 Å². The molecule has 1 heterocycles. The zero-order chi connectivity index (χ0) is 21.2. The van der Waals surface area contributed by atoms with Crippen LogP contribution < -0.4 is 26.6 Å². The highest BCUT2D eigenvalue weighted by Gasteiger charge is 2.38. The first-order chi connectivity index (χ1) is 13.9. The molecule has 4 amide bonds. The van der Waals surface area contributed by atoms with E-state index in [4.69, 9.17) is 4.74 Å². The largest absolute Gasteiger partial charge is 0.383 e. The SMILES string of the molecule is COCCNC(=O)CSC1NC(=O)C(NC(=O)c2ccccc2)C(NC(C)=O)N1. The molecule has 1 fully saturated rings. The van der Waals surface area contributed by atoms with Crippen LogP contribution in [0.5, 0.6) is 0 Å². The lowest BCUT2D eigenvalue weighted by atomic mass is 10.1. The highest BCUT2D eigenvalue weighted by molar-refractivity contribution is 8.00. The summed E-state index contributed by atoms with van der Waals surface area (Å²) in [7, 11) is 1.54. The van der Waals surface area contributed by atoms with Crippen molar-refractivity contribution >= 4 is 35.4 Å². The number of hydrogen-bond acceptors (Lipinski definition) is 7. The van der Waals surface area contributed by atoms with Crippen LogP contribution in [0.25, 0.3) is 0 Å². The van der Waals surface area contributed by atoms with Crippen molar-refractivity contribution in [1.29, 1.82) is 0 Å². The number of amides is 4. The van der Waals surface area contributed by atoms with E-state index < -0.39 is 29.5 Å². The molecule has 1 aliphatic heterocycles. The Kier molecular flexibility index (Phi) is 8.90. The molecule has 0 aliphatic carbocycles. The summed E-state index contributed by atoms with van der Waals surface area (Å²) in [4.78, 5) is 48.4. The smallest absolute Gasteiger partial charge is 0.252 e. The number of hydrogen-bond donors (Lipinski definition) is 5. The summed E-state index contributed by atoms with van der Waals surface area (Å²) in [6.07, 6.45) is -0.831. The van der Waals surface area contributed by atoms with Gasteiger partial charge in [-0.05, 0) is 12.1 Å². The van der Waals surface area contributed by atoms with Crippen molar-refractivity contribution < 1.29 is 23.9 Å². The normalized spacial score (nSPS) is 21.0. The van der Waals surface area contributed by atoms with E-state index in [2.05, 4.69) is 26.6 Å². The fraction of sp³-hybridized carbons (Fsp3) is 0.444. The van der Waals surface area contributed by atoms with Crippen LogP contribution in [0.3, 0.4) is 0 Å². The first-order valence-corrected chi connectivity index (χ1v) is 10.0. The Hall–Kier alpha value is -2.63. The Morgan fingerprint density at radius 3 is 2.55 bits per heavy atom. The molecule has 3 atom stereocenters. The lowest BCUT2D eigenvalue weighted by Gasteiger charge is -2.37. The molecule has 0 aromatic heterocycles. The Morgan fingerprint density at radius 1 is 1.17 bits per heavy atom. The maximum atomic E-state index is 12.6. The number of carbonyl (C=O) groups is 4. The minimum Gasteiger partial charge on any atom is -0.383 e. The molecule has 3 unspecified atom stereocenters. The topological polar surface area (TPSA) is 138 Å². The highest BCUT2D eigenvalue weighted by Crippen LogP contribution is 2.12. The molecule has 11 heteroatoms. The average Bonchev–Trinajstić information content (AvgIpc) is 2.69. The molecule has 1 aromatic rings. The van der Waals surface area contributed by atoms with Crippen molar-refractivity contribution in [3.8, 4) is 0 Å². The first-order valence-electron chi connectivity index (χ1n) is 8.97. The summed E-state index contributed by atoms with van der Waals surface area (Å²) in [6, 6.07) is 7.43. The first kappa shape index (κ1) is 22.7. The van der Waals surface area contributed by atoms with Gasteiger partial charge in [0, 0.05) is 26.1 Å². The van der Waals surface area contributed by atoms with Crippen LogP contribution in [0.15, 0.2) is 30.3 Å². The summed E-state index contributed by atoms with van der Waals surface area (Å²) < 4.78 is 4.86. The van der Waals surface area contributed by atoms with E-state index in [0.29, 0.717) is 18.7 Å². The van der Waals surface area contributed by atoms with E-state index in [9.17, 15) is 19.2 Å². The summed E-state index contributed by atoms with van der Waals surface area (Å²) in [5.74, 6) is -1.39. The molecule has 1 aliphatic rings. The van der Waals surface area contributed by atoms with Crippen LogP contribution >= 0.6 is 11.8 Å². The monoisotopic (exact) mass is 423 g/mol. The van der Waals surface area contributed by atoms with Gasteiger partial charge in [0.15, 0.2) is 0 Å². The van der Waals surface area contributed by atoms with Crippen LogP contribution in [0.2, 0.25) is 0 Å². The Morgan fingerprint density at radius 2 is 1.90 bits per heavy atom. The Balaban J connectivity index is 1.96. The fourth-order valence-corrected chi connectivity index (χ4v) is 3.43. The van der Waals surface area contributed by atoms with Crippen molar-refractivity contribution in [1.82, 2.24) is 26.6 Å². The minimum atomic E-state index is -1.01. The second-order valence-electron chi connectivity index (χ2n) is 6.20. The number of nitrogens with one attached hydrogen (secondary N) is 5. The fourth-order valence-electron chi connectivity index (χ4n) is 2.57. The Bertz CT molecular complexity index is 733. The third-order valence-electron chi connectivity index (χ3n) is 3.91. The van der Waals surface area contributed by atoms with Crippen LogP contribution in [0.1, 0.15) is 17.3 Å². The number of ether oxygens (including phenoxy) is 1.